The van der Waals surface area contributed by atoms with Crippen molar-refractivity contribution >= 4 is 5.91 Å². The molecule has 1 saturated carbocycles. The number of aliphatic hydroxyl groups excluding tert-OH is 1. The maximum absolute atomic E-state index is 10.6. The molecule has 1 aliphatic rings. The van der Waals surface area contributed by atoms with E-state index in [0.29, 0.717) is 5.92 Å². The standard InChI is InChI=1S/C8H15NO2/c1-5(9-6(2)10)7-3-8(11)4-7/h5,7-8,11H,3-4H2,1-2H3,(H,9,10)/t5?,7-,8-. The van der Waals surface area contributed by atoms with E-state index in [9.17, 15) is 4.79 Å². The third-order valence-electron chi connectivity index (χ3n) is 2.29. The van der Waals surface area contributed by atoms with Crippen LogP contribution in [0.3, 0.4) is 0 Å². The van der Waals surface area contributed by atoms with E-state index >= 15 is 0 Å². The zero-order valence-corrected chi connectivity index (χ0v) is 7.00. The van der Waals surface area contributed by atoms with Gasteiger partial charge in [0, 0.05) is 13.0 Å². The molecule has 0 aromatic carbocycles. The third-order valence-corrected chi connectivity index (χ3v) is 2.29. The Morgan fingerprint density at radius 1 is 1.64 bits per heavy atom. The fourth-order valence-electron chi connectivity index (χ4n) is 1.48. The zero-order chi connectivity index (χ0) is 8.43. The highest BCUT2D eigenvalue weighted by Crippen LogP contribution is 2.29. The highest BCUT2D eigenvalue weighted by molar-refractivity contribution is 5.73. The van der Waals surface area contributed by atoms with Crippen molar-refractivity contribution in [3.63, 3.8) is 0 Å². The van der Waals surface area contributed by atoms with E-state index in [1.54, 1.807) is 0 Å². The maximum Gasteiger partial charge on any atom is 0.217 e. The van der Waals surface area contributed by atoms with Crippen LogP contribution in [0.1, 0.15) is 26.7 Å². The normalized spacial score (nSPS) is 32.3. The lowest BCUT2D eigenvalue weighted by Gasteiger charge is -2.36. The van der Waals surface area contributed by atoms with E-state index in [2.05, 4.69) is 5.32 Å². The molecule has 3 nitrogen and oxygen atoms in total. The van der Waals surface area contributed by atoms with Gasteiger partial charge in [0.2, 0.25) is 5.91 Å². The van der Waals surface area contributed by atoms with Gasteiger partial charge >= 0.3 is 0 Å². The number of carbonyl (C=O) groups is 1. The molecular formula is C8H15NO2. The molecule has 1 rings (SSSR count). The van der Waals surface area contributed by atoms with Crippen LogP contribution < -0.4 is 5.32 Å². The van der Waals surface area contributed by atoms with Gasteiger partial charge in [-0.15, -0.1) is 0 Å². The molecule has 0 aliphatic heterocycles. The predicted octanol–water partition coefficient (Wildman–Crippen LogP) is 0.282. The Kier molecular flexibility index (Phi) is 2.49. The SMILES string of the molecule is CC(=O)NC(C)[C@H]1C[C@H](O)C1. The van der Waals surface area contributed by atoms with Gasteiger partial charge in [-0.2, -0.15) is 0 Å². The lowest BCUT2D eigenvalue weighted by molar-refractivity contribution is -0.120. The number of amides is 1. The highest BCUT2D eigenvalue weighted by atomic mass is 16.3. The fourth-order valence-corrected chi connectivity index (χ4v) is 1.48. The second-order valence-electron chi connectivity index (χ2n) is 3.37. The van der Waals surface area contributed by atoms with Crippen LogP contribution in [0.25, 0.3) is 0 Å². The van der Waals surface area contributed by atoms with Crippen LogP contribution in [-0.2, 0) is 4.79 Å². The van der Waals surface area contributed by atoms with Gasteiger partial charge in [-0.05, 0) is 25.7 Å². The van der Waals surface area contributed by atoms with E-state index in [1.807, 2.05) is 6.92 Å². The number of aliphatic hydroxyl groups is 1. The van der Waals surface area contributed by atoms with Crippen molar-refractivity contribution in [2.24, 2.45) is 5.92 Å². The minimum Gasteiger partial charge on any atom is -0.393 e. The molecule has 64 valence electrons. The molecule has 0 bridgehead atoms. The molecule has 0 spiro atoms. The number of carbonyl (C=O) groups excluding carboxylic acids is 1. The topological polar surface area (TPSA) is 49.3 Å². The zero-order valence-electron chi connectivity index (χ0n) is 7.00. The Bertz CT molecular complexity index is 152. The van der Waals surface area contributed by atoms with Crippen LogP contribution in [0, 0.1) is 5.92 Å². The van der Waals surface area contributed by atoms with Crippen LogP contribution in [0.5, 0.6) is 0 Å². The molecule has 0 aromatic rings. The Morgan fingerprint density at radius 3 is 2.55 bits per heavy atom. The molecule has 1 unspecified atom stereocenters. The van der Waals surface area contributed by atoms with Crippen LogP contribution >= 0.6 is 0 Å². The summed E-state index contributed by atoms with van der Waals surface area (Å²) in [6.45, 7) is 3.50. The van der Waals surface area contributed by atoms with Crippen molar-refractivity contribution in [1.82, 2.24) is 5.32 Å². The average molecular weight is 157 g/mol. The lowest BCUT2D eigenvalue weighted by Crippen LogP contribution is -2.44. The summed E-state index contributed by atoms with van der Waals surface area (Å²) in [7, 11) is 0. The summed E-state index contributed by atoms with van der Waals surface area (Å²) in [6, 6.07) is 0.218. The van der Waals surface area contributed by atoms with Crippen molar-refractivity contribution in [2.75, 3.05) is 0 Å². The van der Waals surface area contributed by atoms with Crippen molar-refractivity contribution in [3.8, 4) is 0 Å². The summed E-state index contributed by atoms with van der Waals surface area (Å²) in [6.07, 6.45) is 1.54. The predicted molar refractivity (Wildman–Crippen MR) is 42.0 cm³/mol. The summed E-state index contributed by atoms with van der Waals surface area (Å²) < 4.78 is 0. The summed E-state index contributed by atoms with van der Waals surface area (Å²) in [4.78, 5) is 10.6. The third kappa shape index (κ3) is 2.19. The second kappa shape index (κ2) is 3.22. The summed E-state index contributed by atoms with van der Waals surface area (Å²) in [5, 5.41) is 11.8. The van der Waals surface area contributed by atoms with Gasteiger partial charge in [0.25, 0.3) is 0 Å². The number of rotatable bonds is 2. The Hall–Kier alpha value is -0.570. The minimum atomic E-state index is -0.129. The van der Waals surface area contributed by atoms with Crippen LogP contribution in [0.4, 0.5) is 0 Å². The molecule has 1 fully saturated rings. The van der Waals surface area contributed by atoms with E-state index in [4.69, 9.17) is 5.11 Å². The molecule has 2 N–H and O–H groups in total. The molecule has 0 heterocycles. The first-order chi connectivity index (χ1) is 5.09. The quantitative estimate of drug-likeness (QED) is 0.605. The summed E-state index contributed by atoms with van der Waals surface area (Å²) >= 11 is 0. The average Bonchev–Trinajstić information content (AvgIpc) is 1.79. The molecule has 1 atom stereocenters. The molecular weight excluding hydrogens is 142 g/mol. The number of hydrogen-bond donors (Lipinski definition) is 2. The van der Waals surface area contributed by atoms with Crippen molar-refractivity contribution < 1.29 is 9.90 Å². The van der Waals surface area contributed by atoms with Crippen molar-refractivity contribution in [3.05, 3.63) is 0 Å². The minimum absolute atomic E-state index is 0.0129. The van der Waals surface area contributed by atoms with E-state index in [0.717, 1.165) is 12.8 Å². The van der Waals surface area contributed by atoms with Gasteiger partial charge in [0.15, 0.2) is 0 Å². The van der Waals surface area contributed by atoms with E-state index in [-0.39, 0.29) is 18.1 Å². The molecule has 1 amide bonds. The molecule has 1 aliphatic carbocycles. The molecule has 3 heteroatoms. The Labute approximate surface area is 66.8 Å². The van der Waals surface area contributed by atoms with E-state index in [1.165, 1.54) is 6.92 Å². The van der Waals surface area contributed by atoms with Crippen LogP contribution in [0.15, 0.2) is 0 Å². The largest absolute Gasteiger partial charge is 0.393 e. The molecule has 0 saturated heterocycles. The fraction of sp³-hybridized carbons (Fsp3) is 0.875. The first kappa shape index (κ1) is 8.53. The van der Waals surface area contributed by atoms with Crippen molar-refractivity contribution in [2.45, 2.75) is 38.8 Å². The number of nitrogens with one attached hydrogen (secondary N) is 1. The first-order valence-corrected chi connectivity index (χ1v) is 4.04. The molecule has 0 aromatic heterocycles. The van der Waals surface area contributed by atoms with Gasteiger partial charge in [0.05, 0.1) is 6.10 Å². The van der Waals surface area contributed by atoms with Gasteiger partial charge in [0.1, 0.15) is 0 Å². The summed E-state index contributed by atoms with van der Waals surface area (Å²) in [5.41, 5.74) is 0. The first-order valence-electron chi connectivity index (χ1n) is 4.04. The van der Waals surface area contributed by atoms with E-state index < -0.39 is 0 Å². The summed E-state index contributed by atoms with van der Waals surface area (Å²) in [5.74, 6) is 0.493. The Morgan fingerprint density at radius 2 is 2.18 bits per heavy atom. The second-order valence-corrected chi connectivity index (χ2v) is 3.37. The van der Waals surface area contributed by atoms with Gasteiger partial charge < -0.3 is 10.4 Å². The van der Waals surface area contributed by atoms with Crippen LogP contribution in [0.2, 0.25) is 0 Å². The molecule has 11 heavy (non-hydrogen) atoms. The van der Waals surface area contributed by atoms with Crippen molar-refractivity contribution in [1.29, 1.82) is 0 Å². The maximum atomic E-state index is 10.6. The van der Waals surface area contributed by atoms with Gasteiger partial charge in [-0.1, -0.05) is 0 Å². The highest BCUT2D eigenvalue weighted by Gasteiger charge is 2.31. The Balaban J connectivity index is 2.21. The molecule has 0 radical (unpaired) electrons. The van der Waals surface area contributed by atoms with Gasteiger partial charge in [-0.25, -0.2) is 0 Å². The monoisotopic (exact) mass is 157 g/mol. The smallest absolute Gasteiger partial charge is 0.217 e. The van der Waals surface area contributed by atoms with Gasteiger partial charge in [-0.3, -0.25) is 4.79 Å². The lowest BCUT2D eigenvalue weighted by atomic mass is 9.78. The number of hydrogen-bond acceptors (Lipinski definition) is 2. The van der Waals surface area contributed by atoms with Crippen LogP contribution in [-0.4, -0.2) is 23.2 Å².